The summed E-state index contributed by atoms with van der Waals surface area (Å²) in [7, 11) is 0. The first kappa shape index (κ1) is 16.9. The van der Waals surface area contributed by atoms with Gasteiger partial charge in [0.1, 0.15) is 6.04 Å². The van der Waals surface area contributed by atoms with E-state index in [-0.39, 0.29) is 17.3 Å². The largest absolute Gasteiger partial charge is 0.439 e. The lowest BCUT2D eigenvalue weighted by molar-refractivity contribution is -0.147. The maximum atomic E-state index is 12.9. The summed E-state index contributed by atoms with van der Waals surface area (Å²) in [5.74, 6) is 0.380. The van der Waals surface area contributed by atoms with Crippen molar-refractivity contribution >= 4 is 23.6 Å². The lowest BCUT2D eigenvalue weighted by atomic mass is 9.92. The summed E-state index contributed by atoms with van der Waals surface area (Å²) < 4.78 is 5.55. The van der Waals surface area contributed by atoms with Crippen LogP contribution in [0, 0.1) is 5.41 Å². The molecule has 2 rings (SSSR count). The molecule has 1 fully saturated rings. The van der Waals surface area contributed by atoms with Crippen molar-refractivity contribution in [3.8, 4) is 0 Å². The van der Waals surface area contributed by atoms with Crippen LogP contribution in [0.25, 0.3) is 0 Å². The summed E-state index contributed by atoms with van der Waals surface area (Å²) in [5.41, 5.74) is 0.262. The zero-order valence-electron chi connectivity index (χ0n) is 13.5. The number of hydrogen-bond acceptors (Lipinski definition) is 4. The Morgan fingerprint density at radius 3 is 2.45 bits per heavy atom. The van der Waals surface area contributed by atoms with Crippen molar-refractivity contribution in [2.24, 2.45) is 5.41 Å². The van der Waals surface area contributed by atoms with E-state index in [1.165, 1.54) is 0 Å². The van der Waals surface area contributed by atoms with Gasteiger partial charge in [0.25, 0.3) is 5.91 Å². The normalized spacial score (nSPS) is 21.8. The smallest absolute Gasteiger partial charge is 0.330 e. The SMILES string of the molecule is CSCC[C@H]1C(=O)O[C@H](C(C)(C)C)N1C(=O)c1ccccc1. The van der Waals surface area contributed by atoms with Crippen LogP contribution in [-0.4, -0.2) is 41.1 Å². The van der Waals surface area contributed by atoms with Gasteiger partial charge in [-0.2, -0.15) is 11.8 Å². The number of carbonyl (C=O) groups is 2. The Morgan fingerprint density at radius 1 is 1.27 bits per heavy atom. The van der Waals surface area contributed by atoms with Gasteiger partial charge in [-0.3, -0.25) is 9.69 Å². The maximum absolute atomic E-state index is 12.9. The van der Waals surface area contributed by atoms with Crippen LogP contribution in [0.3, 0.4) is 0 Å². The molecule has 0 spiro atoms. The van der Waals surface area contributed by atoms with Gasteiger partial charge in [0.2, 0.25) is 0 Å². The third kappa shape index (κ3) is 3.46. The molecule has 2 atom stereocenters. The summed E-state index contributed by atoms with van der Waals surface area (Å²) >= 11 is 1.66. The first-order valence-corrected chi connectivity index (χ1v) is 8.83. The number of hydrogen-bond donors (Lipinski definition) is 0. The van der Waals surface area contributed by atoms with E-state index < -0.39 is 12.3 Å². The summed E-state index contributed by atoms with van der Waals surface area (Å²) in [6, 6.07) is 8.58. The Bertz CT molecular complexity index is 539. The molecular formula is C17H23NO3S. The molecule has 1 amide bonds. The maximum Gasteiger partial charge on any atom is 0.330 e. The Balaban J connectivity index is 2.34. The first-order valence-electron chi connectivity index (χ1n) is 7.43. The fourth-order valence-electron chi connectivity index (χ4n) is 2.58. The third-order valence-corrected chi connectivity index (χ3v) is 4.32. The van der Waals surface area contributed by atoms with Crippen LogP contribution in [0.2, 0.25) is 0 Å². The first-order chi connectivity index (χ1) is 10.4. The molecule has 1 aliphatic heterocycles. The molecule has 1 aromatic rings. The fourth-order valence-corrected chi connectivity index (χ4v) is 3.04. The van der Waals surface area contributed by atoms with Gasteiger partial charge in [-0.25, -0.2) is 4.79 Å². The Kier molecular flexibility index (Phi) is 5.16. The van der Waals surface area contributed by atoms with Crippen LogP contribution in [0.4, 0.5) is 0 Å². The predicted molar refractivity (Wildman–Crippen MR) is 88.7 cm³/mol. The van der Waals surface area contributed by atoms with Crippen molar-refractivity contribution < 1.29 is 14.3 Å². The highest BCUT2D eigenvalue weighted by Crippen LogP contribution is 2.35. The average molecular weight is 321 g/mol. The van der Waals surface area contributed by atoms with Gasteiger partial charge in [0, 0.05) is 11.0 Å². The third-order valence-electron chi connectivity index (χ3n) is 3.68. The number of rotatable bonds is 4. The van der Waals surface area contributed by atoms with E-state index in [1.54, 1.807) is 28.8 Å². The number of esters is 1. The van der Waals surface area contributed by atoms with Crippen LogP contribution in [0.15, 0.2) is 30.3 Å². The van der Waals surface area contributed by atoms with E-state index in [0.717, 1.165) is 5.75 Å². The molecule has 0 radical (unpaired) electrons. The monoisotopic (exact) mass is 321 g/mol. The van der Waals surface area contributed by atoms with E-state index >= 15 is 0 Å². The van der Waals surface area contributed by atoms with Crippen molar-refractivity contribution in [3.63, 3.8) is 0 Å². The van der Waals surface area contributed by atoms with Crippen molar-refractivity contribution in [2.45, 2.75) is 39.5 Å². The number of cyclic esters (lactones) is 1. The topological polar surface area (TPSA) is 46.6 Å². The van der Waals surface area contributed by atoms with Gasteiger partial charge in [0.05, 0.1) is 0 Å². The number of amides is 1. The quantitative estimate of drug-likeness (QED) is 0.799. The zero-order valence-corrected chi connectivity index (χ0v) is 14.4. The molecule has 1 saturated heterocycles. The van der Waals surface area contributed by atoms with Gasteiger partial charge in [-0.15, -0.1) is 0 Å². The molecule has 0 aliphatic carbocycles. The van der Waals surface area contributed by atoms with E-state index in [0.29, 0.717) is 12.0 Å². The molecule has 120 valence electrons. The molecule has 4 nitrogen and oxygen atoms in total. The number of benzene rings is 1. The lowest BCUT2D eigenvalue weighted by Crippen LogP contribution is -2.48. The van der Waals surface area contributed by atoms with Gasteiger partial charge in [-0.05, 0) is 30.6 Å². The second kappa shape index (κ2) is 6.73. The zero-order chi connectivity index (χ0) is 16.3. The molecule has 1 aromatic carbocycles. The molecule has 5 heteroatoms. The van der Waals surface area contributed by atoms with Gasteiger partial charge in [-0.1, -0.05) is 39.0 Å². The van der Waals surface area contributed by atoms with Crippen molar-refractivity contribution in [1.29, 1.82) is 0 Å². The number of ether oxygens (including phenoxy) is 1. The molecule has 1 aliphatic rings. The minimum absolute atomic E-state index is 0.141. The van der Waals surface area contributed by atoms with Crippen LogP contribution in [0.5, 0.6) is 0 Å². The standard InChI is InChI=1S/C17H23NO3S/c1-17(2,3)16-18(13(10-11-22-4)15(20)21-16)14(19)12-8-6-5-7-9-12/h5-9,13,16H,10-11H2,1-4H3/t13-,16+/m0/s1. The molecule has 0 N–H and O–H groups in total. The van der Waals surface area contributed by atoms with Crippen LogP contribution < -0.4 is 0 Å². The van der Waals surface area contributed by atoms with Gasteiger partial charge >= 0.3 is 5.97 Å². The summed E-state index contributed by atoms with van der Waals surface area (Å²) in [6.07, 6.45) is 2.08. The molecule has 1 heterocycles. The second-order valence-corrected chi connectivity index (χ2v) is 7.52. The predicted octanol–water partition coefficient (Wildman–Crippen LogP) is 3.18. The Morgan fingerprint density at radius 2 is 1.91 bits per heavy atom. The fraction of sp³-hybridized carbons (Fsp3) is 0.529. The Hall–Kier alpha value is -1.49. The summed E-state index contributed by atoms with van der Waals surface area (Å²) in [4.78, 5) is 26.8. The van der Waals surface area contributed by atoms with Crippen molar-refractivity contribution in [1.82, 2.24) is 4.90 Å². The summed E-state index contributed by atoms with van der Waals surface area (Å²) in [6.45, 7) is 5.94. The van der Waals surface area contributed by atoms with E-state index in [9.17, 15) is 9.59 Å². The van der Waals surface area contributed by atoms with Gasteiger partial charge in [0.15, 0.2) is 6.23 Å². The summed E-state index contributed by atoms with van der Waals surface area (Å²) in [5, 5.41) is 0. The number of thioether (sulfide) groups is 1. The van der Waals surface area contributed by atoms with Crippen molar-refractivity contribution in [2.75, 3.05) is 12.0 Å². The van der Waals surface area contributed by atoms with E-state index in [1.807, 2.05) is 45.2 Å². The van der Waals surface area contributed by atoms with E-state index in [4.69, 9.17) is 4.74 Å². The highest BCUT2D eigenvalue weighted by molar-refractivity contribution is 7.98. The van der Waals surface area contributed by atoms with Crippen LogP contribution >= 0.6 is 11.8 Å². The Labute approximate surface area is 136 Å². The molecule has 0 unspecified atom stereocenters. The molecule has 22 heavy (non-hydrogen) atoms. The highest BCUT2D eigenvalue weighted by Gasteiger charge is 2.49. The molecule has 0 aromatic heterocycles. The highest BCUT2D eigenvalue weighted by atomic mass is 32.2. The minimum atomic E-state index is -0.528. The van der Waals surface area contributed by atoms with Crippen LogP contribution in [0.1, 0.15) is 37.6 Å². The second-order valence-electron chi connectivity index (χ2n) is 6.53. The lowest BCUT2D eigenvalue weighted by Gasteiger charge is -2.34. The van der Waals surface area contributed by atoms with E-state index in [2.05, 4.69) is 0 Å². The number of carbonyl (C=O) groups excluding carboxylic acids is 2. The molecule has 0 saturated carbocycles. The van der Waals surface area contributed by atoms with Gasteiger partial charge < -0.3 is 4.74 Å². The minimum Gasteiger partial charge on any atom is -0.439 e. The molecular weight excluding hydrogens is 298 g/mol. The number of nitrogens with zero attached hydrogens (tertiary/aromatic N) is 1. The molecule has 0 bridgehead atoms. The van der Waals surface area contributed by atoms with Crippen LogP contribution in [-0.2, 0) is 9.53 Å². The van der Waals surface area contributed by atoms with Crippen molar-refractivity contribution in [3.05, 3.63) is 35.9 Å². The average Bonchev–Trinajstić information content (AvgIpc) is 2.82.